The van der Waals surface area contributed by atoms with E-state index in [0.717, 1.165) is 5.56 Å². The maximum atomic E-state index is 12.1. The van der Waals surface area contributed by atoms with Gasteiger partial charge in [-0.3, -0.25) is 15.0 Å². The lowest BCUT2D eigenvalue weighted by Gasteiger charge is -2.06. The number of ether oxygens (including phenoxy) is 1. The molecule has 6 heteroatoms. The molecule has 0 unspecified atom stereocenters. The highest BCUT2D eigenvalue weighted by atomic mass is 16.5. The summed E-state index contributed by atoms with van der Waals surface area (Å²) in [6.07, 6.45) is 0. The third-order valence-electron chi connectivity index (χ3n) is 3.95. The van der Waals surface area contributed by atoms with Crippen LogP contribution in [0, 0.1) is 0 Å². The summed E-state index contributed by atoms with van der Waals surface area (Å²) < 4.78 is 5.35. The molecule has 0 saturated heterocycles. The first-order valence-corrected chi connectivity index (χ1v) is 8.06. The van der Waals surface area contributed by atoms with Gasteiger partial charge in [-0.15, -0.1) is 5.11 Å². The van der Waals surface area contributed by atoms with Crippen LogP contribution >= 0.6 is 0 Å². The summed E-state index contributed by atoms with van der Waals surface area (Å²) in [5.41, 5.74) is 3.10. The summed E-state index contributed by atoms with van der Waals surface area (Å²) in [7, 11) is 1.58. The first kappa shape index (κ1) is 16.7. The van der Waals surface area contributed by atoms with Gasteiger partial charge in [-0.2, -0.15) is 5.11 Å². The first-order chi connectivity index (χ1) is 12.1. The first-order valence-electron chi connectivity index (χ1n) is 8.06. The van der Waals surface area contributed by atoms with Gasteiger partial charge in [0.05, 0.1) is 18.5 Å². The second kappa shape index (κ2) is 7.17. The zero-order valence-electron chi connectivity index (χ0n) is 14.4. The van der Waals surface area contributed by atoms with Crippen molar-refractivity contribution in [1.82, 2.24) is 10.2 Å². The van der Waals surface area contributed by atoms with Gasteiger partial charge in [0.25, 0.3) is 5.56 Å². The fourth-order valence-corrected chi connectivity index (χ4v) is 2.53. The molecule has 0 radical (unpaired) electrons. The Balaban J connectivity index is 1.96. The molecule has 2 aromatic carbocycles. The molecule has 1 aromatic heterocycles. The van der Waals surface area contributed by atoms with Gasteiger partial charge in [0.15, 0.2) is 5.69 Å². The number of hydrogen-bond donors (Lipinski definition) is 2. The third-order valence-corrected chi connectivity index (χ3v) is 3.95. The van der Waals surface area contributed by atoms with E-state index in [1.54, 1.807) is 7.11 Å². The number of para-hydroxylation sites is 1. The summed E-state index contributed by atoms with van der Waals surface area (Å²) >= 11 is 0. The number of azo groups is 1. The van der Waals surface area contributed by atoms with Crippen LogP contribution in [0.5, 0.6) is 5.75 Å². The molecule has 0 aliphatic carbocycles. The Hall–Kier alpha value is -3.15. The van der Waals surface area contributed by atoms with E-state index in [-0.39, 0.29) is 11.2 Å². The maximum absolute atomic E-state index is 12.1. The number of benzene rings is 2. The summed E-state index contributed by atoms with van der Waals surface area (Å²) in [6.45, 7) is 4.27. The van der Waals surface area contributed by atoms with Gasteiger partial charge in [0.2, 0.25) is 0 Å². The molecule has 6 nitrogen and oxygen atoms in total. The zero-order valence-corrected chi connectivity index (χ0v) is 14.4. The molecular weight excluding hydrogens is 316 g/mol. The van der Waals surface area contributed by atoms with Crippen LogP contribution in [0.2, 0.25) is 0 Å². The number of aromatic amines is 2. The topological polar surface area (TPSA) is 82.6 Å². The van der Waals surface area contributed by atoms with Gasteiger partial charge >= 0.3 is 0 Å². The number of aromatic nitrogens is 2. The smallest absolute Gasteiger partial charge is 0.292 e. The fourth-order valence-electron chi connectivity index (χ4n) is 2.53. The van der Waals surface area contributed by atoms with E-state index in [1.165, 1.54) is 5.56 Å². The van der Waals surface area contributed by atoms with Crippen molar-refractivity contribution in [1.29, 1.82) is 0 Å². The summed E-state index contributed by atoms with van der Waals surface area (Å²) in [6, 6.07) is 15.2. The van der Waals surface area contributed by atoms with E-state index in [2.05, 4.69) is 34.3 Å². The molecule has 0 saturated carbocycles. The summed E-state index contributed by atoms with van der Waals surface area (Å²) in [5, 5.41) is 13.8. The van der Waals surface area contributed by atoms with E-state index in [0.29, 0.717) is 23.0 Å². The van der Waals surface area contributed by atoms with Gasteiger partial charge in [-0.1, -0.05) is 38.1 Å². The van der Waals surface area contributed by atoms with Crippen LogP contribution in [0.15, 0.2) is 63.6 Å². The minimum Gasteiger partial charge on any atom is -0.496 e. The van der Waals surface area contributed by atoms with Crippen molar-refractivity contribution in [3.8, 4) is 17.0 Å². The number of hydrogen-bond acceptors (Lipinski definition) is 4. The highest BCUT2D eigenvalue weighted by Crippen LogP contribution is 2.33. The SMILES string of the molecule is COc1ccccc1-c1[nH][nH]c(=O)c1N=Nc1ccc(C(C)C)cc1. The molecule has 3 aromatic rings. The lowest BCUT2D eigenvalue weighted by atomic mass is 10.0. The van der Waals surface area contributed by atoms with Crippen molar-refractivity contribution in [2.45, 2.75) is 19.8 Å². The van der Waals surface area contributed by atoms with Crippen molar-refractivity contribution in [2.24, 2.45) is 10.2 Å². The van der Waals surface area contributed by atoms with Gasteiger partial charge in [-0.25, -0.2) is 0 Å². The molecule has 0 aliphatic rings. The molecule has 0 bridgehead atoms. The Morgan fingerprint density at radius 2 is 1.68 bits per heavy atom. The van der Waals surface area contributed by atoms with Crippen molar-refractivity contribution < 1.29 is 4.74 Å². The summed E-state index contributed by atoms with van der Waals surface area (Å²) in [5.74, 6) is 1.10. The fraction of sp³-hybridized carbons (Fsp3) is 0.211. The van der Waals surface area contributed by atoms with Gasteiger partial charge in [0, 0.05) is 5.56 Å². The minimum atomic E-state index is -0.330. The molecule has 3 rings (SSSR count). The van der Waals surface area contributed by atoms with Crippen molar-refractivity contribution in [3.05, 3.63) is 64.4 Å². The molecule has 25 heavy (non-hydrogen) atoms. The van der Waals surface area contributed by atoms with Crippen molar-refractivity contribution in [2.75, 3.05) is 7.11 Å². The van der Waals surface area contributed by atoms with E-state index in [4.69, 9.17) is 4.74 Å². The molecule has 0 amide bonds. The quantitative estimate of drug-likeness (QED) is 0.648. The van der Waals surface area contributed by atoms with Crippen LogP contribution < -0.4 is 10.3 Å². The number of H-pyrrole nitrogens is 2. The third kappa shape index (κ3) is 3.52. The van der Waals surface area contributed by atoms with E-state index in [9.17, 15) is 4.79 Å². The molecule has 0 atom stereocenters. The highest BCUT2D eigenvalue weighted by Gasteiger charge is 2.15. The lowest BCUT2D eigenvalue weighted by Crippen LogP contribution is -1.96. The van der Waals surface area contributed by atoms with Crippen LogP contribution in [0.1, 0.15) is 25.3 Å². The monoisotopic (exact) mass is 336 g/mol. The minimum absolute atomic E-state index is 0.220. The average Bonchev–Trinajstić information content (AvgIpc) is 3.00. The Bertz CT molecular complexity index is 937. The molecule has 0 aliphatic heterocycles. The Morgan fingerprint density at radius 3 is 2.36 bits per heavy atom. The van der Waals surface area contributed by atoms with Gasteiger partial charge in [-0.05, 0) is 35.7 Å². The largest absolute Gasteiger partial charge is 0.496 e. The second-order valence-corrected chi connectivity index (χ2v) is 5.95. The van der Waals surface area contributed by atoms with Crippen LogP contribution in [0.3, 0.4) is 0 Å². The Labute approximate surface area is 145 Å². The number of rotatable bonds is 5. The average molecular weight is 336 g/mol. The maximum Gasteiger partial charge on any atom is 0.292 e. The molecule has 0 spiro atoms. The molecule has 0 fully saturated rings. The highest BCUT2D eigenvalue weighted by molar-refractivity contribution is 5.76. The van der Waals surface area contributed by atoms with Crippen molar-refractivity contribution >= 4 is 11.4 Å². The lowest BCUT2D eigenvalue weighted by molar-refractivity contribution is 0.416. The molecule has 1 heterocycles. The number of nitrogens with zero attached hydrogens (tertiary/aromatic N) is 2. The van der Waals surface area contributed by atoms with Crippen LogP contribution in [-0.2, 0) is 0 Å². The molecule has 2 N–H and O–H groups in total. The zero-order chi connectivity index (χ0) is 17.8. The summed E-state index contributed by atoms with van der Waals surface area (Å²) in [4.78, 5) is 12.1. The number of methoxy groups -OCH3 is 1. The van der Waals surface area contributed by atoms with E-state index < -0.39 is 0 Å². The van der Waals surface area contributed by atoms with E-state index >= 15 is 0 Å². The Morgan fingerprint density at radius 1 is 0.960 bits per heavy atom. The molecule has 128 valence electrons. The predicted molar refractivity (Wildman–Crippen MR) is 98.1 cm³/mol. The van der Waals surface area contributed by atoms with Crippen LogP contribution in [0.25, 0.3) is 11.3 Å². The van der Waals surface area contributed by atoms with Crippen LogP contribution in [0.4, 0.5) is 11.4 Å². The Kier molecular flexibility index (Phi) is 4.79. The standard InChI is InChI=1S/C19H20N4O2/c1-12(2)13-8-10-14(11-9-13)20-22-18-17(21-23-19(18)24)15-6-4-5-7-16(15)25-3/h4-12H,1-3H3,(H2,21,23,24). The van der Waals surface area contributed by atoms with Gasteiger partial charge in [0.1, 0.15) is 5.75 Å². The molecular formula is C19H20N4O2. The van der Waals surface area contributed by atoms with Crippen LogP contribution in [-0.4, -0.2) is 17.3 Å². The van der Waals surface area contributed by atoms with Crippen molar-refractivity contribution in [3.63, 3.8) is 0 Å². The van der Waals surface area contributed by atoms with Gasteiger partial charge < -0.3 is 4.74 Å². The number of nitrogens with one attached hydrogen (secondary N) is 2. The second-order valence-electron chi connectivity index (χ2n) is 5.95. The normalized spacial score (nSPS) is 11.4. The predicted octanol–water partition coefficient (Wildman–Crippen LogP) is 4.92. The van der Waals surface area contributed by atoms with E-state index in [1.807, 2.05) is 48.5 Å².